The highest BCUT2D eigenvalue weighted by atomic mass is 16.6. The molecule has 0 heterocycles. The molecule has 0 aliphatic heterocycles. The summed E-state index contributed by atoms with van der Waals surface area (Å²) in [6.45, 7) is 6.99. The van der Waals surface area contributed by atoms with Crippen molar-refractivity contribution in [3.05, 3.63) is 29.8 Å². The number of hydrogen-bond donors (Lipinski definition) is 0. The van der Waals surface area contributed by atoms with Crippen molar-refractivity contribution >= 4 is 12.1 Å². The van der Waals surface area contributed by atoms with Gasteiger partial charge in [-0.15, -0.1) is 0 Å². The second-order valence-corrected chi connectivity index (χ2v) is 7.06. The van der Waals surface area contributed by atoms with Crippen LogP contribution in [0.4, 0.5) is 4.79 Å². The second-order valence-electron chi connectivity index (χ2n) is 7.06. The Hall–Kier alpha value is -2.08. The maximum atomic E-state index is 12.0. The molecule has 0 aliphatic rings. The third kappa shape index (κ3) is 7.00. The van der Waals surface area contributed by atoms with Gasteiger partial charge in [0.2, 0.25) is 0 Å². The minimum Gasteiger partial charge on any atom is -0.460 e. The van der Waals surface area contributed by atoms with Crippen molar-refractivity contribution in [1.29, 1.82) is 0 Å². The Bertz CT molecular complexity index is 547. The van der Waals surface area contributed by atoms with Gasteiger partial charge in [0.25, 0.3) is 0 Å². The largest absolute Gasteiger partial charge is 0.460 e. The van der Waals surface area contributed by atoms with Crippen LogP contribution >= 0.6 is 0 Å². The zero-order valence-electron chi connectivity index (χ0n) is 15.5. The van der Waals surface area contributed by atoms with E-state index in [0.717, 1.165) is 12.1 Å². The highest BCUT2D eigenvalue weighted by Crippen LogP contribution is 2.18. The van der Waals surface area contributed by atoms with Crippen LogP contribution in [0.15, 0.2) is 24.3 Å². The molecule has 1 rings (SSSR count). The summed E-state index contributed by atoms with van der Waals surface area (Å²) in [6.07, 6.45) is -0.399. The summed E-state index contributed by atoms with van der Waals surface area (Å²) in [4.78, 5) is 27.2. The summed E-state index contributed by atoms with van der Waals surface area (Å²) in [5.41, 5.74) is 0.320. The van der Waals surface area contributed by atoms with Crippen molar-refractivity contribution < 1.29 is 19.1 Å². The molecule has 0 fully saturated rings. The van der Waals surface area contributed by atoms with Gasteiger partial charge in [-0.3, -0.25) is 4.79 Å². The Morgan fingerprint density at radius 2 is 1.58 bits per heavy atom. The van der Waals surface area contributed by atoms with Crippen LogP contribution in [-0.4, -0.2) is 56.1 Å². The average molecular weight is 336 g/mol. The van der Waals surface area contributed by atoms with Crippen LogP contribution in [0.1, 0.15) is 26.3 Å². The molecule has 6 heteroatoms. The van der Waals surface area contributed by atoms with Gasteiger partial charge in [-0.25, -0.2) is 4.79 Å². The summed E-state index contributed by atoms with van der Waals surface area (Å²) in [6, 6.07) is 6.94. The molecule has 0 saturated heterocycles. The van der Waals surface area contributed by atoms with E-state index in [2.05, 4.69) is 0 Å². The molecule has 134 valence electrons. The number of carbonyl (C=O) groups excluding carboxylic acids is 2. The quantitative estimate of drug-likeness (QED) is 0.748. The van der Waals surface area contributed by atoms with Gasteiger partial charge in [0, 0.05) is 20.1 Å². The monoisotopic (exact) mass is 336 g/mol. The van der Waals surface area contributed by atoms with E-state index >= 15 is 0 Å². The molecule has 24 heavy (non-hydrogen) atoms. The van der Waals surface area contributed by atoms with Crippen molar-refractivity contribution in [2.24, 2.45) is 5.41 Å². The zero-order chi connectivity index (χ0) is 18.3. The molecule has 0 radical (unpaired) electrons. The number of carbonyl (C=O) groups is 2. The molecule has 0 saturated carbocycles. The lowest BCUT2D eigenvalue weighted by molar-refractivity contribution is -0.154. The maximum absolute atomic E-state index is 12.0. The van der Waals surface area contributed by atoms with Gasteiger partial charge in [-0.2, -0.15) is 0 Å². The standard InChI is InChI=1S/C18H28N2O4/c1-18(2,3)16(21)23-13-14-7-9-15(10-8-14)24-17(22)20(6)12-11-19(4)5/h7-10H,11-13H2,1-6H3. The van der Waals surface area contributed by atoms with Gasteiger partial charge in [0.15, 0.2) is 0 Å². The SMILES string of the molecule is CN(C)CCN(C)C(=O)Oc1ccc(COC(=O)C(C)(C)C)cc1. The van der Waals surface area contributed by atoms with Crippen molar-refractivity contribution in [2.45, 2.75) is 27.4 Å². The van der Waals surface area contributed by atoms with E-state index in [1.54, 1.807) is 31.3 Å². The van der Waals surface area contributed by atoms with Crippen LogP contribution in [0, 0.1) is 5.41 Å². The molecule has 1 aromatic rings. The fourth-order valence-electron chi connectivity index (χ4n) is 1.64. The van der Waals surface area contributed by atoms with Crippen LogP contribution in [0.5, 0.6) is 5.75 Å². The average Bonchev–Trinajstić information content (AvgIpc) is 2.50. The minimum absolute atomic E-state index is 0.201. The maximum Gasteiger partial charge on any atom is 0.415 e. The Morgan fingerprint density at radius 1 is 1.00 bits per heavy atom. The molecule has 0 spiro atoms. The van der Waals surface area contributed by atoms with Crippen LogP contribution in [0.2, 0.25) is 0 Å². The first kappa shape index (κ1) is 20.0. The molecular weight excluding hydrogens is 308 g/mol. The third-order valence-electron chi connectivity index (χ3n) is 3.31. The van der Waals surface area contributed by atoms with E-state index in [-0.39, 0.29) is 12.6 Å². The van der Waals surface area contributed by atoms with Crippen molar-refractivity contribution in [3.63, 3.8) is 0 Å². The molecule has 0 bridgehead atoms. The molecule has 0 atom stereocenters. The number of amides is 1. The van der Waals surface area contributed by atoms with Gasteiger partial charge < -0.3 is 19.3 Å². The normalized spacial score (nSPS) is 11.3. The summed E-state index contributed by atoms with van der Waals surface area (Å²) >= 11 is 0. The number of benzene rings is 1. The van der Waals surface area contributed by atoms with Crippen LogP contribution in [0.3, 0.4) is 0 Å². The van der Waals surface area contributed by atoms with E-state index in [9.17, 15) is 9.59 Å². The Morgan fingerprint density at radius 3 is 2.08 bits per heavy atom. The third-order valence-corrected chi connectivity index (χ3v) is 3.31. The summed E-state index contributed by atoms with van der Waals surface area (Å²) < 4.78 is 10.6. The fourth-order valence-corrected chi connectivity index (χ4v) is 1.64. The molecule has 6 nitrogen and oxygen atoms in total. The van der Waals surface area contributed by atoms with Gasteiger partial charge in [-0.1, -0.05) is 12.1 Å². The highest BCUT2D eigenvalue weighted by molar-refractivity contribution is 5.75. The molecule has 0 aliphatic carbocycles. The number of ether oxygens (including phenoxy) is 2. The van der Waals surface area contributed by atoms with Crippen LogP contribution < -0.4 is 4.74 Å². The van der Waals surface area contributed by atoms with Crippen molar-refractivity contribution in [1.82, 2.24) is 9.80 Å². The fraction of sp³-hybridized carbons (Fsp3) is 0.556. The van der Waals surface area contributed by atoms with E-state index < -0.39 is 11.5 Å². The highest BCUT2D eigenvalue weighted by Gasteiger charge is 2.22. The number of nitrogens with zero attached hydrogens (tertiary/aromatic N) is 2. The number of rotatable bonds is 6. The number of likely N-dealkylation sites (N-methyl/N-ethyl adjacent to an activating group) is 2. The smallest absolute Gasteiger partial charge is 0.415 e. The first-order valence-electron chi connectivity index (χ1n) is 7.93. The van der Waals surface area contributed by atoms with Gasteiger partial charge in [0.05, 0.1) is 5.41 Å². The van der Waals surface area contributed by atoms with Gasteiger partial charge in [0.1, 0.15) is 12.4 Å². The topological polar surface area (TPSA) is 59.1 Å². The van der Waals surface area contributed by atoms with E-state index in [0.29, 0.717) is 12.3 Å². The lowest BCUT2D eigenvalue weighted by atomic mass is 9.97. The van der Waals surface area contributed by atoms with Crippen molar-refractivity contribution in [3.8, 4) is 5.75 Å². The molecular formula is C18H28N2O4. The summed E-state index contributed by atoms with van der Waals surface area (Å²) in [5, 5.41) is 0. The van der Waals surface area contributed by atoms with Crippen LogP contribution in [0.25, 0.3) is 0 Å². The van der Waals surface area contributed by atoms with Gasteiger partial charge >= 0.3 is 12.1 Å². The molecule has 0 unspecified atom stereocenters. The van der Waals surface area contributed by atoms with E-state index in [1.165, 1.54) is 4.90 Å². The summed E-state index contributed by atoms with van der Waals surface area (Å²) in [5.74, 6) is 0.211. The van der Waals surface area contributed by atoms with Crippen LogP contribution in [-0.2, 0) is 16.1 Å². The lowest BCUT2D eigenvalue weighted by Crippen LogP contribution is -2.35. The predicted octanol–water partition coefficient (Wildman–Crippen LogP) is 2.77. The van der Waals surface area contributed by atoms with E-state index in [1.807, 2.05) is 39.8 Å². The summed E-state index contributed by atoms with van der Waals surface area (Å²) in [7, 11) is 5.60. The Labute approximate surface area is 144 Å². The number of hydrogen-bond acceptors (Lipinski definition) is 5. The minimum atomic E-state index is -0.521. The molecule has 0 N–H and O–H groups in total. The first-order valence-corrected chi connectivity index (χ1v) is 7.93. The lowest BCUT2D eigenvalue weighted by Gasteiger charge is -2.19. The van der Waals surface area contributed by atoms with Crippen molar-refractivity contribution in [2.75, 3.05) is 34.2 Å². The zero-order valence-corrected chi connectivity index (χ0v) is 15.5. The van der Waals surface area contributed by atoms with Gasteiger partial charge in [-0.05, 0) is 52.6 Å². The Balaban J connectivity index is 2.50. The molecule has 1 amide bonds. The molecule has 1 aromatic carbocycles. The first-order chi connectivity index (χ1) is 11.1. The predicted molar refractivity (Wildman–Crippen MR) is 92.9 cm³/mol. The van der Waals surface area contributed by atoms with E-state index in [4.69, 9.17) is 9.47 Å². The number of esters is 1. The second kappa shape index (κ2) is 8.68. The molecule has 0 aromatic heterocycles. The Kier molecular flexibility index (Phi) is 7.22.